The van der Waals surface area contributed by atoms with Gasteiger partial charge in [-0.15, -0.1) is 11.3 Å². The summed E-state index contributed by atoms with van der Waals surface area (Å²) >= 11 is 1.66. The molecule has 0 aromatic carbocycles. The Labute approximate surface area is 116 Å². The second-order valence-corrected chi connectivity index (χ2v) is 5.30. The number of nitrogen functional groups attached to an aromatic ring is 1. The minimum atomic E-state index is 0.675. The first kappa shape index (κ1) is 13.7. The molecule has 0 bridgehead atoms. The summed E-state index contributed by atoms with van der Waals surface area (Å²) in [7, 11) is 2.00. The molecule has 3 N–H and O–H groups in total. The van der Waals surface area contributed by atoms with Crippen LogP contribution < -0.4 is 16.2 Å². The molecule has 2 heterocycles. The lowest BCUT2D eigenvalue weighted by atomic mass is 10.2. The average molecular weight is 278 g/mol. The van der Waals surface area contributed by atoms with E-state index in [1.165, 1.54) is 6.33 Å². The van der Waals surface area contributed by atoms with Crippen molar-refractivity contribution >= 4 is 23.0 Å². The van der Waals surface area contributed by atoms with Crippen LogP contribution in [0.1, 0.15) is 23.2 Å². The highest BCUT2D eigenvalue weighted by molar-refractivity contribution is 7.09. The molecule has 2 rings (SSSR count). The molecule has 0 fully saturated rings. The summed E-state index contributed by atoms with van der Waals surface area (Å²) in [6, 6.07) is 0. The molecule has 2 aromatic heterocycles. The summed E-state index contributed by atoms with van der Waals surface area (Å²) in [5.41, 5.74) is 4.68. The van der Waals surface area contributed by atoms with Crippen LogP contribution in [0, 0.1) is 6.92 Å². The van der Waals surface area contributed by atoms with Crippen LogP contribution in [-0.4, -0.2) is 22.0 Å². The number of hydrazine groups is 1. The van der Waals surface area contributed by atoms with E-state index < -0.39 is 0 Å². The highest BCUT2D eigenvalue weighted by Gasteiger charge is 2.14. The van der Waals surface area contributed by atoms with Gasteiger partial charge in [-0.2, -0.15) is 0 Å². The van der Waals surface area contributed by atoms with Gasteiger partial charge in [-0.3, -0.25) is 0 Å². The van der Waals surface area contributed by atoms with E-state index in [2.05, 4.69) is 37.6 Å². The lowest BCUT2D eigenvalue weighted by molar-refractivity contribution is 0.849. The van der Waals surface area contributed by atoms with Gasteiger partial charge in [0.1, 0.15) is 18.0 Å². The van der Waals surface area contributed by atoms with Crippen molar-refractivity contribution in [3.8, 4) is 0 Å². The molecule has 102 valence electrons. The van der Waals surface area contributed by atoms with Gasteiger partial charge in [0.15, 0.2) is 0 Å². The number of aryl methyl sites for hydroxylation is 1. The molecule has 0 radical (unpaired) electrons. The fourth-order valence-electron chi connectivity index (χ4n) is 1.98. The zero-order valence-corrected chi connectivity index (χ0v) is 12.2. The van der Waals surface area contributed by atoms with Gasteiger partial charge in [-0.1, -0.05) is 6.92 Å². The Kier molecular flexibility index (Phi) is 4.28. The van der Waals surface area contributed by atoms with E-state index in [0.717, 1.165) is 35.0 Å². The minimum Gasteiger partial charge on any atom is -0.353 e. The molecule has 0 aliphatic carbocycles. The molecule has 6 nitrogen and oxygen atoms in total. The van der Waals surface area contributed by atoms with Crippen molar-refractivity contribution in [2.45, 2.75) is 26.8 Å². The van der Waals surface area contributed by atoms with Crippen LogP contribution in [0.15, 0.2) is 11.7 Å². The topological polar surface area (TPSA) is 80.0 Å². The van der Waals surface area contributed by atoms with E-state index in [0.29, 0.717) is 5.82 Å². The molecule has 19 heavy (non-hydrogen) atoms. The third kappa shape index (κ3) is 2.99. The van der Waals surface area contributed by atoms with Crippen molar-refractivity contribution < 1.29 is 0 Å². The highest BCUT2D eigenvalue weighted by atomic mass is 32.1. The summed E-state index contributed by atoms with van der Waals surface area (Å²) in [5, 5.41) is 3.15. The first-order valence-corrected chi connectivity index (χ1v) is 6.96. The Morgan fingerprint density at radius 2 is 2.21 bits per heavy atom. The number of aromatic nitrogens is 3. The van der Waals surface area contributed by atoms with Gasteiger partial charge >= 0.3 is 0 Å². The van der Waals surface area contributed by atoms with Crippen LogP contribution in [-0.2, 0) is 13.0 Å². The van der Waals surface area contributed by atoms with Gasteiger partial charge in [0.25, 0.3) is 0 Å². The molecule has 0 amide bonds. The van der Waals surface area contributed by atoms with Gasteiger partial charge < -0.3 is 10.3 Å². The Balaban J connectivity index is 2.25. The van der Waals surface area contributed by atoms with Crippen molar-refractivity contribution in [3.05, 3.63) is 28.0 Å². The van der Waals surface area contributed by atoms with E-state index in [9.17, 15) is 0 Å². The molecule has 0 saturated carbocycles. The van der Waals surface area contributed by atoms with E-state index in [1.807, 2.05) is 14.0 Å². The van der Waals surface area contributed by atoms with Gasteiger partial charge in [0, 0.05) is 18.0 Å². The first-order valence-electron chi connectivity index (χ1n) is 6.08. The monoisotopic (exact) mass is 278 g/mol. The summed E-state index contributed by atoms with van der Waals surface area (Å²) < 4.78 is 0. The Morgan fingerprint density at radius 1 is 1.42 bits per heavy atom. The quantitative estimate of drug-likeness (QED) is 0.640. The SMILES string of the molecule is CCc1c(NN)ncnc1N(C)Cc1csc(C)n1. The average Bonchev–Trinajstić information content (AvgIpc) is 2.82. The number of anilines is 2. The predicted molar refractivity (Wildman–Crippen MR) is 78.2 cm³/mol. The van der Waals surface area contributed by atoms with Crippen LogP contribution in [0.2, 0.25) is 0 Å². The molecular weight excluding hydrogens is 260 g/mol. The molecule has 0 atom stereocenters. The fraction of sp³-hybridized carbons (Fsp3) is 0.417. The lowest BCUT2D eigenvalue weighted by Gasteiger charge is -2.20. The Bertz CT molecular complexity index is 553. The molecule has 0 saturated heterocycles. The predicted octanol–water partition coefficient (Wildman–Crippen LogP) is 1.73. The second-order valence-electron chi connectivity index (χ2n) is 4.24. The molecule has 0 aliphatic rings. The minimum absolute atomic E-state index is 0.675. The standard InChI is InChI=1S/C12H18N6S/c1-4-10-11(17-13)14-7-15-12(10)18(3)5-9-6-19-8(2)16-9/h6-7H,4-5,13H2,1-3H3,(H,14,15,17). The molecule has 2 aromatic rings. The zero-order valence-electron chi connectivity index (χ0n) is 11.3. The maximum atomic E-state index is 5.48. The highest BCUT2D eigenvalue weighted by Crippen LogP contribution is 2.23. The molecular formula is C12H18N6S. The third-order valence-electron chi connectivity index (χ3n) is 2.84. The Morgan fingerprint density at radius 3 is 2.79 bits per heavy atom. The zero-order chi connectivity index (χ0) is 13.8. The van der Waals surface area contributed by atoms with E-state index in [-0.39, 0.29) is 0 Å². The Hall–Kier alpha value is -1.73. The number of thiazole rings is 1. The van der Waals surface area contributed by atoms with Gasteiger partial charge in [0.2, 0.25) is 0 Å². The van der Waals surface area contributed by atoms with Crippen molar-refractivity contribution in [3.63, 3.8) is 0 Å². The van der Waals surface area contributed by atoms with Crippen LogP contribution >= 0.6 is 11.3 Å². The summed E-state index contributed by atoms with van der Waals surface area (Å²) in [6.45, 7) is 4.79. The van der Waals surface area contributed by atoms with Crippen LogP contribution in [0.5, 0.6) is 0 Å². The van der Waals surface area contributed by atoms with Crippen molar-refractivity contribution in [2.24, 2.45) is 5.84 Å². The number of nitrogens with one attached hydrogen (secondary N) is 1. The van der Waals surface area contributed by atoms with E-state index in [4.69, 9.17) is 5.84 Å². The van der Waals surface area contributed by atoms with Gasteiger partial charge in [0.05, 0.1) is 17.2 Å². The summed E-state index contributed by atoms with van der Waals surface area (Å²) in [5.74, 6) is 7.04. The molecule has 7 heteroatoms. The van der Waals surface area contributed by atoms with E-state index in [1.54, 1.807) is 11.3 Å². The lowest BCUT2D eigenvalue weighted by Crippen LogP contribution is -2.21. The number of hydrogen-bond donors (Lipinski definition) is 2. The molecule has 0 unspecified atom stereocenters. The third-order valence-corrected chi connectivity index (χ3v) is 3.66. The van der Waals surface area contributed by atoms with Crippen molar-refractivity contribution in [1.29, 1.82) is 0 Å². The number of nitrogens with zero attached hydrogens (tertiary/aromatic N) is 4. The maximum Gasteiger partial charge on any atom is 0.148 e. The van der Waals surface area contributed by atoms with E-state index >= 15 is 0 Å². The first-order chi connectivity index (χ1) is 9.15. The number of rotatable bonds is 5. The van der Waals surface area contributed by atoms with Gasteiger partial charge in [-0.05, 0) is 13.3 Å². The smallest absolute Gasteiger partial charge is 0.148 e. The largest absolute Gasteiger partial charge is 0.353 e. The molecule has 0 aliphatic heterocycles. The second kappa shape index (κ2) is 5.94. The number of nitrogens with two attached hydrogens (primary N) is 1. The summed E-state index contributed by atoms with van der Waals surface area (Å²) in [4.78, 5) is 15.0. The summed E-state index contributed by atoms with van der Waals surface area (Å²) in [6.07, 6.45) is 2.34. The van der Waals surface area contributed by atoms with Crippen LogP contribution in [0.4, 0.5) is 11.6 Å². The van der Waals surface area contributed by atoms with Gasteiger partial charge in [-0.25, -0.2) is 20.8 Å². The van der Waals surface area contributed by atoms with Crippen molar-refractivity contribution in [1.82, 2.24) is 15.0 Å². The molecule has 0 spiro atoms. The number of hydrogen-bond acceptors (Lipinski definition) is 7. The maximum absolute atomic E-state index is 5.48. The van der Waals surface area contributed by atoms with Crippen LogP contribution in [0.25, 0.3) is 0 Å². The normalized spacial score (nSPS) is 10.5. The van der Waals surface area contributed by atoms with Crippen molar-refractivity contribution in [2.75, 3.05) is 17.4 Å². The van der Waals surface area contributed by atoms with Crippen LogP contribution in [0.3, 0.4) is 0 Å². The fourth-order valence-corrected chi connectivity index (χ4v) is 2.58.